The lowest BCUT2D eigenvalue weighted by Crippen LogP contribution is -2.24. The molecule has 0 atom stereocenters. The lowest BCUT2D eigenvalue weighted by atomic mass is 10.5. The Morgan fingerprint density at radius 3 is 2.87 bits per heavy atom. The quantitative estimate of drug-likeness (QED) is 0.703. The van der Waals surface area contributed by atoms with E-state index in [4.69, 9.17) is 0 Å². The predicted octanol–water partition coefficient (Wildman–Crippen LogP) is -0.154. The highest BCUT2D eigenvalue weighted by Crippen LogP contribution is 1.98. The Kier molecular flexibility index (Phi) is 2.40. The summed E-state index contributed by atoms with van der Waals surface area (Å²) in [5, 5.41) is 3.98. The third kappa shape index (κ3) is 1.70. The van der Waals surface area contributed by atoms with Crippen LogP contribution in [0.25, 0.3) is 0 Å². The zero-order valence-corrected chi connectivity index (χ0v) is 8.79. The molecule has 0 aliphatic rings. The molecule has 0 radical (unpaired) electrons. The second kappa shape index (κ2) is 3.72. The minimum absolute atomic E-state index is 0.124. The van der Waals surface area contributed by atoms with Crippen LogP contribution < -0.4 is 5.69 Å². The van der Waals surface area contributed by atoms with E-state index in [0.29, 0.717) is 6.54 Å². The summed E-state index contributed by atoms with van der Waals surface area (Å²) in [7, 11) is 1.68. The molecule has 6 nitrogen and oxygen atoms in total. The first-order valence-electron chi connectivity index (χ1n) is 4.81. The van der Waals surface area contributed by atoms with E-state index in [0.717, 1.165) is 12.4 Å². The highest BCUT2D eigenvalue weighted by Gasteiger charge is 2.06. The van der Waals surface area contributed by atoms with Gasteiger partial charge in [-0.3, -0.25) is 4.57 Å². The number of nitrogens with zero attached hydrogens (tertiary/aromatic N) is 5. The largest absolute Gasteiger partial charge is 0.345 e. The first-order chi connectivity index (χ1) is 7.22. The summed E-state index contributed by atoms with van der Waals surface area (Å²) in [6, 6.07) is 0. The van der Waals surface area contributed by atoms with Crippen molar-refractivity contribution in [1.82, 2.24) is 23.9 Å². The SMILES string of the molecule is CCn1ccnc1Cn1ncn(C)c1=O. The van der Waals surface area contributed by atoms with Crippen LogP contribution in [0, 0.1) is 0 Å². The van der Waals surface area contributed by atoms with Crippen LogP contribution in [0.4, 0.5) is 0 Å². The van der Waals surface area contributed by atoms with Crippen molar-refractivity contribution in [3.8, 4) is 0 Å². The molecule has 0 spiro atoms. The number of hydrogen-bond donors (Lipinski definition) is 0. The molecule has 0 amide bonds. The first kappa shape index (κ1) is 9.70. The van der Waals surface area contributed by atoms with Gasteiger partial charge < -0.3 is 4.57 Å². The smallest absolute Gasteiger partial charge is 0.334 e. The number of rotatable bonds is 3. The molecular formula is C9H13N5O. The highest BCUT2D eigenvalue weighted by atomic mass is 16.2. The molecule has 2 aromatic rings. The van der Waals surface area contributed by atoms with Crippen LogP contribution in [0.5, 0.6) is 0 Å². The Hall–Kier alpha value is -1.85. The van der Waals surface area contributed by atoms with Crippen LogP contribution in [-0.4, -0.2) is 23.9 Å². The van der Waals surface area contributed by atoms with Gasteiger partial charge in [0.15, 0.2) is 0 Å². The summed E-state index contributed by atoms with van der Waals surface area (Å²) in [5.74, 6) is 0.846. The van der Waals surface area contributed by atoms with E-state index in [1.54, 1.807) is 13.2 Å². The van der Waals surface area contributed by atoms with Crippen molar-refractivity contribution in [3.63, 3.8) is 0 Å². The monoisotopic (exact) mass is 207 g/mol. The molecule has 2 heterocycles. The van der Waals surface area contributed by atoms with Crippen LogP contribution in [0.1, 0.15) is 12.7 Å². The second-order valence-electron chi connectivity index (χ2n) is 3.31. The molecule has 0 aliphatic heterocycles. The highest BCUT2D eigenvalue weighted by molar-refractivity contribution is 4.92. The van der Waals surface area contributed by atoms with Gasteiger partial charge in [-0.15, -0.1) is 0 Å². The number of aryl methyl sites for hydroxylation is 2. The van der Waals surface area contributed by atoms with E-state index >= 15 is 0 Å². The average molecular weight is 207 g/mol. The molecular weight excluding hydrogens is 194 g/mol. The number of aromatic nitrogens is 5. The summed E-state index contributed by atoms with van der Waals surface area (Å²) in [6.07, 6.45) is 5.12. The van der Waals surface area contributed by atoms with Crippen LogP contribution in [0.2, 0.25) is 0 Å². The van der Waals surface area contributed by atoms with Crippen molar-refractivity contribution < 1.29 is 0 Å². The van der Waals surface area contributed by atoms with E-state index in [9.17, 15) is 4.79 Å². The second-order valence-corrected chi connectivity index (χ2v) is 3.31. The summed E-state index contributed by atoms with van der Waals surface area (Å²) >= 11 is 0. The summed E-state index contributed by atoms with van der Waals surface area (Å²) in [5.41, 5.74) is -0.124. The Bertz CT molecular complexity index is 507. The average Bonchev–Trinajstić information content (AvgIpc) is 2.80. The fraction of sp³-hybridized carbons (Fsp3) is 0.444. The Morgan fingerprint density at radius 2 is 2.27 bits per heavy atom. The van der Waals surface area contributed by atoms with Crippen molar-refractivity contribution in [3.05, 3.63) is 35.0 Å². The molecule has 2 aromatic heterocycles. The van der Waals surface area contributed by atoms with Crippen LogP contribution in [-0.2, 0) is 20.1 Å². The molecule has 0 aliphatic carbocycles. The zero-order chi connectivity index (χ0) is 10.8. The predicted molar refractivity (Wildman–Crippen MR) is 54.5 cm³/mol. The van der Waals surface area contributed by atoms with Gasteiger partial charge in [-0.2, -0.15) is 5.10 Å². The molecule has 0 saturated heterocycles. The fourth-order valence-corrected chi connectivity index (χ4v) is 1.44. The normalized spacial score (nSPS) is 10.8. The lowest BCUT2D eigenvalue weighted by molar-refractivity contribution is 0.585. The topological polar surface area (TPSA) is 57.6 Å². The minimum Gasteiger partial charge on any atom is -0.334 e. The van der Waals surface area contributed by atoms with E-state index < -0.39 is 0 Å². The zero-order valence-electron chi connectivity index (χ0n) is 8.79. The third-order valence-corrected chi connectivity index (χ3v) is 2.32. The molecule has 80 valence electrons. The maximum atomic E-state index is 11.5. The summed E-state index contributed by atoms with van der Waals surface area (Å²) in [6.45, 7) is 3.30. The molecule has 0 bridgehead atoms. The first-order valence-corrected chi connectivity index (χ1v) is 4.81. The van der Waals surface area contributed by atoms with Gasteiger partial charge in [0.1, 0.15) is 18.7 Å². The van der Waals surface area contributed by atoms with Crippen LogP contribution >= 0.6 is 0 Å². The molecule has 0 aromatic carbocycles. The Morgan fingerprint density at radius 1 is 1.47 bits per heavy atom. The van der Waals surface area contributed by atoms with Crippen molar-refractivity contribution >= 4 is 0 Å². The van der Waals surface area contributed by atoms with Crippen molar-refractivity contribution in [2.45, 2.75) is 20.0 Å². The van der Waals surface area contributed by atoms with Crippen molar-refractivity contribution in [1.29, 1.82) is 0 Å². The molecule has 15 heavy (non-hydrogen) atoms. The van der Waals surface area contributed by atoms with Gasteiger partial charge in [0.2, 0.25) is 0 Å². The van der Waals surface area contributed by atoms with Crippen LogP contribution in [0.15, 0.2) is 23.5 Å². The van der Waals surface area contributed by atoms with E-state index in [1.807, 2.05) is 17.7 Å². The van der Waals surface area contributed by atoms with Gasteiger partial charge in [0.25, 0.3) is 0 Å². The molecule has 0 unspecified atom stereocenters. The molecule has 0 N–H and O–H groups in total. The lowest BCUT2D eigenvalue weighted by Gasteiger charge is -2.03. The van der Waals surface area contributed by atoms with Gasteiger partial charge in [-0.25, -0.2) is 14.5 Å². The van der Waals surface area contributed by atoms with E-state index in [2.05, 4.69) is 10.1 Å². The molecule has 0 saturated carbocycles. The van der Waals surface area contributed by atoms with Gasteiger partial charge in [0.05, 0.1) is 0 Å². The van der Waals surface area contributed by atoms with Crippen molar-refractivity contribution in [2.24, 2.45) is 7.05 Å². The molecule has 6 heteroatoms. The standard InChI is InChI=1S/C9H13N5O/c1-3-13-5-4-10-8(13)6-14-9(15)12(2)7-11-14/h4-5,7H,3,6H2,1-2H3. The Balaban J connectivity index is 2.29. The maximum Gasteiger partial charge on any atom is 0.345 e. The van der Waals surface area contributed by atoms with Gasteiger partial charge in [-0.1, -0.05) is 0 Å². The number of hydrogen-bond acceptors (Lipinski definition) is 3. The molecule has 2 rings (SSSR count). The van der Waals surface area contributed by atoms with Crippen molar-refractivity contribution in [2.75, 3.05) is 0 Å². The minimum atomic E-state index is -0.124. The van der Waals surface area contributed by atoms with Gasteiger partial charge in [0, 0.05) is 26.0 Å². The fourth-order valence-electron chi connectivity index (χ4n) is 1.44. The Labute approximate surface area is 86.8 Å². The molecule has 0 fully saturated rings. The summed E-state index contributed by atoms with van der Waals surface area (Å²) < 4.78 is 4.83. The van der Waals surface area contributed by atoms with Gasteiger partial charge >= 0.3 is 5.69 Å². The third-order valence-electron chi connectivity index (χ3n) is 2.32. The van der Waals surface area contributed by atoms with E-state index in [-0.39, 0.29) is 5.69 Å². The summed E-state index contributed by atoms with van der Waals surface area (Å²) in [4.78, 5) is 15.7. The van der Waals surface area contributed by atoms with Gasteiger partial charge in [-0.05, 0) is 6.92 Å². The maximum absolute atomic E-state index is 11.5. The van der Waals surface area contributed by atoms with E-state index in [1.165, 1.54) is 15.6 Å². The number of imidazole rings is 1. The van der Waals surface area contributed by atoms with Crippen LogP contribution in [0.3, 0.4) is 0 Å².